The summed E-state index contributed by atoms with van der Waals surface area (Å²) >= 11 is 0. The van der Waals surface area contributed by atoms with Crippen molar-refractivity contribution in [2.75, 3.05) is 5.32 Å². The van der Waals surface area contributed by atoms with Crippen LogP contribution in [-0.4, -0.2) is 17.0 Å². The van der Waals surface area contributed by atoms with Gasteiger partial charge in [-0.05, 0) is 18.9 Å². The lowest BCUT2D eigenvalue weighted by molar-refractivity contribution is -0.384. The molecule has 0 saturated heterocycles. The molecular formula is C13H15F2N3O3. The van der Waals surface area contributed by atoms with Gasteiger partial charge in [0.2, 0.25) is 0 Å². The second kappa shape index (κ2) is 6.47. The fourth-order valence-electron chi connectivity index (χ4n) is 2.39. The van der Waals surface area contributed by atoms with E-state index in [4.69, 9.17) is 0 Å². The largest absolute Gasteiger partial charge is 0.335 e. The predicted octanol–water partition coefficient (Wildman–Crippen LogP) is 3.33. The predicted molar refractivity (Wildman–Crippen MR) is 72.0 cm³/mol. The van der Waals surface area contributed by atoms with Crippen LogP contribution < -0.4 is 10.6 Å². The molecule has 8 heteroatoms. The van der Waals surface area contributed by atoms with E-state index in [0.29, 0.717) is 6.07 Å². The molecule has 1 aromatic carbocycles. The fourth-order valence-corrected chi connectivity index (χ4v) is 2.39. The highest BCUT2D eigenvalue weighted by atomic mass is 19.2. The number of carbonyl (C=O) groups excluding carboxylic acids is 1. The maximum Gasteiger partial charge on any atom is 0.319 e. The number of nitrogens with zero attached hydrogens (tertiary/aromatic N) is 1. The van der Waals surface area contributed by atoms with Crippen LogP contribution >= 0.6 is 0 Å². The highest BCUT2D eigenvalue weighted by Gasteiger charge is 2.24. The van der Waals surface area contributed by atoms with Crippen LogP contribution in [0.15, 0.2) is 12.1 Å². The Labute approximate surface area is 119 Å². The van der Waals surface area contributed by atoms with Crippen LogP contribution in [0.25, 0.3) is 0 Å². The standard InChI is InChI=1S/C13H15F2N3O3/c14-9-6-7-10(18(20)21)12(11(9)15)17-13(19)16-8-4-2-1-3-5-8/h6-8H,1-5H2,(H2,16,17,19). The van der Waals surface area contributed by atoms with Gasteiger partial charge in [-0.3, -0.25) is 15.4 Å². The lowest BCUT2D eigenvalue weighted by Gasteiger charge is -2.22. The van der Waals surface area contributed by atoms with Gasteiger partial charge in [0.1, 0.15) is 0 Å². The van der Waals surface area contributed by atoms with Crippen molar-refractivity contribution in [3.8, 4) is 0 Å². The summed E-state index contributed by atoms with van der Waals surface area (Å²) in [6.45, 7) is 0. The van der Waals surface area contributed by atoms with E-state index in [9.17, 15) is 23.7 Å². The number of urea groups is 1. The first-order valence-electron chi connectivity index (χ1n) is 6.69. The number of carbonyl (C=O) groups is 1. The van der Waals surface area contributed by atoms with E-state index in [1.807, 2.05) is 5.32 Å². The monoisotopic (exact) mass is 299 g/mol. The Balaban J connectivity index is 2.12. The summed E-state index contributed by atoms with van der Waals surface area (Å²) in [5, 5.41) is 15.5. The zero-order valence-corrected chi connectivity index (χ0v) is 11.2. The molecule has 1 fully saturated rings. The summed E-state index contributed by atoms with van der Waals surface area (Å²) in [5.74, 6) is -2.70. The van der Waals surface area contributed by atoms with Crippen LogP contribution in [-0.2, 0) is 0 Å². The summed E-state index contributed by atoms with van der Waals surface area (Å²) in [4.78, 5) is 21.7. The van der Waals surface area contributed by atoms with Crippen LogP contribution in [0.1, 0.15) is 32.1 Å². The van der Waals surface area contributed by atoms with Gasteiger partial charge >= 0.3 is 6.03 Å². The van der Waals surface area contributed by atoms with Crippen molar-refractivity contribution in [2.24, 2.45) is 0 Å². The number of nitro groups is 1. The molecule has 0 bridgehead atoms. The second-order valence-corrected chi connectivity index (χ2v) is 4.95. The minimum Gasteiger partial charge on any atom is -0.335 e. The molecule has 1 aliphatic rings. The van der Waals surface area contributed by atoms with Gasteiger partial charge in [-0.1, -0.05) is 19.3 Å². The topological polar surface area (TPSA) is 84.3 Å². The highest BCUT2D eigenvalue weighted by molar-refractivity contribution is 5.92. The molecule has 0 atom stereocenters. The molecule has 0 radical (unpaired) electrons. The fraction of sp³-hybridized carbons (Fsp3) is 0.462. The first-order valence-corrected chi connectivity index (χ1v) is 6.69. The van der Waals surface area contributed by atoms with Crippen LogP contribution in [0.2, 0.25) is 0 Å². The van der Waals surface area contributed by atoms with Crippen molar-refractivity contribution in [3.63, 3.8) is 0 Å². The van der Waals surface area contributed by atoms with Gasteiger partial charge in [-0.25, -0.2) is 13.6 Å². The number of benzene rings is 1. The minimum atomic E-state index is -1.44. The van der Waals surface area contributed by atoms with E-state index in [-0.39, 0.29) is 6.04 Å². The Bertz CT molecular complexity index is 560. The van der Waals surface area contributed by atoms with E-state index in [2.05, 4.69) is 5.32 Å². The van der Waals surface area contributed by atoms with E-state index in [1.165, 1.54) is 0 Å². The molecule has 1 saturated carbocycles. The second-order valence-electron chi connectivity index (χ2n) is 4.95. The molecule has 2 rings (SSSR count). The minimum absolute atomic E-state index is 0.0468. The highest BCUT2D eigenvalue weighted by Crippen LogP contribution is 2.29. The lowest BCUT2D eigenvalue weighted by Crippen LogP contribution is -2.39. The number of rotatable bonds is 3. The van der Waals surface area contributed by atoms with E-state index < -0.39 is 34.0 Å². The van der Waals surface area contributed by atoms with Crippen LogP contribution in [0.5, 0.6) is 0 Å². The average molecular weight is 299 g/mol. The maximum atomic E-state index is 13.6. The number of halogens is 2. The molecule has 1 aromatic rings. The first-order chi connectivity index (χ1) is 9.99. The molecule has 6 nitrogen and oxygen atoms in total. The Hall–Kier alpha value is -2.25. The van der Waals surface area contributed by atoms with Gasteiger partial charge in [0.15, 0.2) is 17.3 Å². The van der Waals surface area contributed by atoms with Crippen molar-refractivity contribution in [1.29, 1.82) is 0 Å². The van der Waals surface area contributed by atoms with E-state index >= 15 is 0 Å². The van der Waals surface area contributed by atoms with Crippen LogP contribution in [0.3, 0.4) is 0 Å². The molecule has 0 spiro atoms. The van der Waals surface area contributed by atoms with Crippen molar-refractivity contribution in [3.05, 3.63) is 33.9 Å². The number of hydrogen-bond acceptors (Lipinski definition) is 3. The molecule has 0 aromatic heterocycles. The van der Waals surface area contributed by atoms with E-state index in [1.54, 1.807) is 0 Å². The van der Waals surface area contributed by atoms with Crippen molar-refractivity contribution < 1.29 is 18.5 Å². The Morgan fingerprint density at radius 2 is 1.90 bits per heavy atom. The molecule has 2 amide bonds. The number of hydrogen-bond donors (Lipinski definition) is 2. The smallest absolute Gasteiger partial charge is 0.319 e. The third-order valence-corrected chi connectivity index (χ3v) is 3.45. The zero-order valence-electron chi connectivity index (χ0n) is 11.2. The van der Waals surface area contributed by atoms with Crippen molar-refractivity contribution in [1.82, 2.24) is 5.32 Å². The van der Waals surface area contributed by atoms with Gasteiger partial charge in [0.05, 0.1) is 4.92 Å². The molecular weight excluding hydrogens is 284 g/mol. The third-order valence-electron chi connectivity index (χ3n) is 3.45. The van der Waals surface area contributed by atoms with E-state index in [0.717, 1.165) is 38.2 Å². The van der Waals surface area contributed by atoms with Gasteiger partial charge in [0, 0.05) is 12.1 Å². The van der Waals surface area contributed by atoms with Gasteiger partial charge < -0.3 is 5.32 Å². The molecule has 0 aliphatic heterocycles. The Morgan fingerprint density at radius 1 is 1.24 bits per heavy atom. The summed E-state index contributed by atoms with van der Waals surface area (Å²) in [5.41, 5.74) is -1.44. The average Bonchev–Trinajstić information content (AvgIpc) is 2.44. The molecule has 2 N–H and O–H groups in total. The quantitative estimate of drug-likeness (QED) is 0.663. The summed E-state index contributed by atoms with van der Waals surface area (Å²) in [6.07, 6.45) is 4.69. The summed E-state index contributed by atoms with van der Waals surface area (Å²) < 4.78 is 26.8. The Kier molecular flexibility index (Phi) is 4.66. The number of amides is 2. The SMILES string of the molecule is O=C(Nc1c([N+](=O)[O-])ccc(F)c1F)NC1CCCCC1. The number of anilines is 1. The molecule has 114 valence electrons. The number of nitro benzene ring substituents is 1. The molecule has 21 heavy (non-hydrogen) atoms. The molecule has 0 unspecified atom stereocenters. The normalized spacial score (nSPS) is 15.5. The molecule has 1 aliphatic carbocycles. The summed E-state index contributed by atoms with van der Waals surface area (Å²) in [6, 6.07) is 0.649. The van der Waals surface area contributed by atoms with Gasteiger partial charge in [-0.15, -0.1) is 0 Å². The van der Waals surface area contributed by atoms with Gasteiger partial charge in [-0.2, -0.15) is 0 Å². The van der Waals surface area contributed by atoms with Crippen molar-refractivity contribution in [2.45, 2.75) is 38.1 Å². The van der Waals surface area contributed by atoms with Crippen LogP contribution in [0, 0.1) is 21.7 Å². The maximum absolute atomic E-state index is 13.6. The first kappa shape index (κ1) is 15.1. The van der Waals surface area contributed by atoms with Crippen molar-refractivity contribution >= 4 is 17.4 Å². The summed E-state index contributed by atoms with van der Waals surface area (Å²) in [7, 11) is 0. The molecule has 0 heterocycles. The number of nitrogens with one attached hydrogen (secondary N) is 2. The van der Waals surface area contributed by atoms with Crippen LogP contribution in [0.4, 0.5) is 25.0 Å². The zero-order chi connectivity index (χ0) is 15.4. The third kappa shape index (κ3) is 3.65. The lowest BCUT2D eigenvalue weighted by atomic mass is 9.96. The Morgan fingerprint density at radius 3 is 2.52 bits per heavy atom. The van der Waals surface area contributed by atoms with Gasteiger partial charge in [0.25, 0.3) is 5.69 Å².